The van der Waals surface area contributed by atoms with Crippen LogP contribution in [0.15, 0.2) is 24.3 Å². The third kappa shape index (κ3) is 4.35. The first-order chi connectivity index (χ1) is 9.65. The molecule has 0 radical (unpaired) electrons. The third-order valence-corrected chi connectivity index (χ3v) is 3.32. The number of rotatable bonds is 4. The highest BCUT2D eigenvalue weighted by atomic mass is 16.5. The fourth-order valence-corrected chi connectivity index (χ4v) is 2.15. The van der Waals surface area contributed by atoms with Crippen molar-refractivity contribution >= 4 is 11.8 Å². The van der Waals surface area contributed by atoms with Gasteiger partial charge in [-0.25, -0.2) is 0 Å². The lowest BCUT2D eigenvalue weighted by atomic mass is 10.1. The maximum Gasteiger partial charge on any atom is 0.309 e. The first-order valence-corrected chi connectivity index (χ1v) is 6.84. The summed E-state index contributed by atoms with van der Waals surface area (Å²) in [6, 6.07) is 7.81. The molecular weight excluding hydrogens is 256 g/mol. The van der Waals surface area contributed by atoms with Gasteiger partial charge in [-0.2, -0.15) is 0 Å². The molecule has 0 saturated carbocycles. The largest absolute Gasteiger partial charge is 0.381 e. The summed E-state index contributed by atoms with van der Waals surface area (Å²) in [7, 11) is 0. The molecule has 0 aromatic heterocycles. The van der Waals surface area contributed by atoms with Crippen LogP contribution < -0.4 is 10.6 Å². The van der Waals surface area contributed by atoms with Gasteiger partial charge >= 0.3 is 11.8 Å². The molecule has 1 unspecified atom stereocenters. The van der Waals surface area contributed by atoms with Crippen LogP contribution in [0.25, 0.3) is 0 Å². The molecule has 108 valence electrons. The Morgan fingerprint density at radius 3 is 2.80 bits per heavy atom. The molecule has 1 aliphatic rings. The second kappa shape index (κ2) is 7.05. The number of carbonyl (C=O) groups is 2. The van der Waals surface area contributed by atoms with E-state index < -0.39 is 11.8 Å². The lowest BCUT2D eigenvalue weighted by molar-refractivity contribution is -0.139. The van der Waals surface area contributed by atoms with Crippen LogP contribution >= 0.6 is 0 Å². The van der Waals surface area contributed by atoms with Crippen molar-refractivity contribution in [1.82, 2.24) is 10.6 Å². The number of hydrogen-bond acceptors (Lipinski definition) is 3. The molecule has 2 rings (SSSR count). The van der Waals surface area contributed by atoms with Gasteiger partial charge in [0.05, 0.1) is 6.61 Å². The maximum atomic E-state index is 11.7. The summed E-state index contributed by atoms with van der Waals surface area (Å²) in [6.07, 6.45) is 0.936. The monoisotopic (exact) mass is 276 g/mol. The Morgan fingerprint density at radius 2 is 2.10 bits per heavy atom. The molecule has 2 N–H and O–H groups in total. The Balaban J connectivity index is 1.72. The van der Waals surface area contributed by atoms with Crippen LogP contribution in [0, 0.1) is 12.8 Å². The van der Waals surface area contributed by atoms with Crippen molar-refractivity contribution in [3.05, 3.63) is 35.4 Å². The van der Waals surface area contributed by atoms with Gasteiger partial charge in [-0.3, -0.25) is 9.59 Å². The van der Waals surface area contributed by atoms with Crippen molar-refractivity contribution in [2.45, 2.75) is 19.9 Å². The van der Waals surface area contributed by atoms with Crippen molar-refractivity contribution in [3.63, 3.8) is 0 Å². The Kier molecular flexibility index (Phi) is 5.12. The Morgan fingerprint density at radius 1 is 1.30 bits per heavy atom. The van der Waals surface area contributed by atoms with Crippen LogP contribution in [0.5, 0.6) is 0 Å². The average Bonchev–Trinajstić information content (AvgIpc) is 2.95. The minimum atomic E-state index is -0.592. The molecule has 1 atom stereocenters. The standard InChI is InChI=1S/C15H20N2O3/c1-11-3-2-4-12(7-11)8-16-14(18)15(19)17-9-13-5-6-20-10-13/h2-4,7,13H,5-6,8-10H2,1H3,(H,16,18)(H,17,19). The number of amides is 2. The SMILES string of the molecule is Cc1cccc(CNC(=O)C(=O)NCC2CCOC2)c1. The van der Waals surface area contributed by atoms with Gasteiger partial charge in [0.2, 0.25) is 0 Å². The Bertz CT molecular complexity index is 482. The maximum absolute atomic E-state index is 11.7. The zero-order chi connectivity index (χ0) is 14.4. The molecule has 1 aliphatic heterocycles. The van der Waals surface area contributed by atoms with E-state index in [1.165, 1.54) is 0 Å². The normalized spacial score (nSPS) is 17.8. The van der Waals surface area contributed by atoms with Gasteiger partial charge in [-0.1, -0.05) is 29.8 Å². The predicted molar refractivity (Wildman–Crippen MR) is 75.0 cm³/mol. The lowest BCUT2D eigenvalue weighted by Gasteiger charge is -2.10. The summed E-state index contributed by atoms with van der Waals surface area (Å²) in [5.41, 5.74) is 2.11. The molecular formula is C15H20N2O3. The number of benzene rings is 1. The van der Waals surface area contributed by atoms with Crippen LogP contribution in [-0.2, 0) is 20.9 Å². The van der Waals surface area contributed by atoms with Crippen molar-refractivity contribution in [1.29, 1.82) is 0 Å². The number of aryl methyl sites for hydroxylation is 1. The van der Waals surface area contributed by atoms with E-state index in [0.717, 1.165) is 24.2 Å². The zero-order valence-electron chi connectivity index (χ0n) is 11.6. The molecule has 20 heavy (non-hydrogen) atoms. The molecule has 1 aromatic carbocycles. The minimum Gasteiger partial charge on any atom is -0.381 e. The van der Waals surface area contributed by atoms with E-state index in [2.05, 4.69) is 10.6 Å². The second-order valence-corrected chi connectivity index (χ2v) is 5.11. The van der Waals surface area contributed by atoms with Gasteiger partial charge in [-0.05, 0) is 18.9 Å². The summed E-state index contributed by atoms with van der Waals surface area (Å²) < 4.78 is 5.21. The van der Waals surface area contributed by atoms with Gasteiger partial charge in [0.25, 0.3) is 0 Å². The fraction of sp³-hybridized carbons (Fsp3) is 0.467. The smallest absolute Gasteiger partial charge is 0.309 e. The highest BCUT2D eigenvalue weighted by Gasteiger charge is 2.19. The van der Waals surface area contributed by atoms with Gasteiger partial charge in [0.15, 0.2) is 0 Å². The van der Waals surface area contributed by atoms with Crippen LogP contribution in [0.1, 0.15) is 17.5 Å². The van der Waals surface area contributed by atoms with E-state index in [4.69, 9.17) is 4.74 Å². The zero-order valence-corrected chi connectivity index (χ0v) is 11.6. The summed E-state index contributed by atoms with van der Waals surface area (Å²) >= 11 is 0. The van der Waals surface area contributed by atoms with Crippen LogP contribution in [0.4, 0.5) is 0 Å². The van der Waals surface area contributed by atoms with Gasteiger partial charge in [0, 0.05) is 25.6 Å². The molecule has 5 nitrogen and oxygen atoms in total. The third-order valence-electron chi connectivity index (χ3n) is 3.32. The van der Waals surface area contributed by atoms with Crippen LogP contribution in [0.3, 0.4) is 0 Å². The first kappa shape index (κ1) is 14.5. The summed E-state index contributed by atoms with van der Waals surface area (Å²) in [5, 5.41) is 5.26. The highest BCUT2D eigenvalue weighted by Crippen LogP contribution is 2.10. The topological polar surface area (TPSA) is 67.4 Å². The van der Waals surface area contributed by atoms with E-state index in [-0.39, 0.29) is 0 Å². The van der Waals surface area contributed by atoms with Crippen LogP contribution in [0.2, 0.25) is 0 Å². The van der Waals surface area contributed by atoms with Gasteiger partial charge in [-0.15, -0.1) is 0 Å². The number of ether oxygens (including phenoxy) is 1. The van der Waals surface area contributed by atoms with E-state index in [9.17, 15) is 9.59 Å². The molecule has 1 fully saturated rings. The van der Waals surface area contributed by atoms with Crippen molar-refractivity contribution in [2.75, 3.05) is 19.8 Å². The molecule has 0 bridgehead atoms. The van der Waals surface area contributed by atoms with E-state index in [1.54, 1.807) is 0 Å². The van der Waals surface area contributed by atoms with E-state index in [0.29, 0.717) is 25.6 Å². The van der Waals surface area contributed by atoms with Crippen LogP contribution in [-0.4, -0.2) is 31.6 Å². The summed E-state index contributed by atoms with van der Waals surface area (Å²) in [4.78, 5) is 23.3. The molecule has 1 aromatic rings. The molecule has 5 heteroatoms. The molecule has 0 spiro atoms. The van der Waals surface area contributed by atoms with Gasteiger partial charge < -0.3 is 15.4 Å². The summed E-state index contributed by atoms with van der Waals surface area (Å²) in [6.45, 7) is 4.24. The molecule has 1 saturated heterocycles. The summed E-state index contributed by atoms with van der Waals surface area (Å²) in [5.74, 6) is -0.849. The average molecular weight is 276 g/mol. The number of hydrogen-bond donors (Lipinski definition) is 2. The van der Waals surface area contributed by atoms with Crippen molar-refractivity contribution < 1.29 is 14.3 Å². The lowest BCUT2D eigenvalue weighted by Crippen LogP contribution is -2.41. The Labute approximate surface area is 118 Å². The predicted octanol–water partition coefficient (Wildman–Crippen LogP) is 0.764. The highest BCUT2D eigenvalue weighted by molar-refractivity contribution is 6.35. The van der Waals surface area contributed by atoms with Crippen molar-refractivity contribution in [3.8, 4) is 0 Å². The first-order valence-electron chi connectivity index (χ1n) is 6.84. The fourth-order valence-electron chi connectivity index (χ4n) is 2.15. The Hall–Kier alpha value is -1.88. The molecule has 2 amide bonds. The number of carbonyl (C=O) groups excluding carboxylic acids is 2. The minimum absolute atomic E-state index is 0.323. The second-order valence-electron chi connectivity index (χ2n) is 5.11. The molecule has 1 heterocycles. The van der Waals surface area contributed by atoms with Crippen molar-refractivity contribution in [2.24, 2.45) is 5.92 Å². The van der Waals surface area contributed by atoms with E-state index >= 15 is 0 Å². The van der Waals surface area contributed by atoms with E-state index in [1.807, 2.05) is 31.2 Å². The number of nitrogens with one attached hydrogen (secondary N) is 2. The quantitative estimate of drug-likeness (QED) is 0.798. The molecule has 0 aliphatic carbocycles. The van der Waals surface area contributed by atoms with Gasteiger partial charge in [0.1, 0.15) is 0 Å².